The van der Waals surface area contributed by atoms with Crippen LogP contribution >= 0.6 is 23.6 Å². The van der Waals surface area contributed by atoms with E-state index in [1.54, 1.807) is 29.5 Å². The molecule has 0 spiro atoms. The number of hydrogen-bond donors (Lipinski definition) is 3. The van der Waals surface area contributed by atoms with Crippen LogP contribution in [0.25, 0.3) is 10.4 Å². The zero-order valence-corrected chi connectivity index (χ0v) is 16.9. The fraction of sp³-hybridized carbons (Fsp3) is 0.100. The molecule has 0 bridgehead atoms. The second-order valence-electron chi connectivity index (χ2n) is 5.70. The first-order valence-electron chi connectivity index (χ1n) is 8.33. The molecule has 0 aliphatic heterocycles. The van der Waals surface area contributed by atoms with Crippen LogP contribution in [0.5, 0.6) is 11.5 Å². The summed E-state index contributed by atoms with van der Waals surface area (Å²) in [6, 6.07) is 17.0. The Kier molecular flexibility index (Phi) is 6.46. The van der Waals surface area contributed by atoms with Crippen molar-refractivity contribution in [2.24, 2.45) is 0 Å². The number of amides is 1. The zero-order valence-electron chi connectivity index (χ0n) is 15.3. The van der Waals surface area contributed by atoms with Gasteiger partial charge in [-0.1, -0.05) is 30.3 Å². The molecule has 0 aliphatic rings. The highest BCUT2D eigenvalue weighted by molar-refractivity contribution is 7.80. The van der Waals surface area contributed by atoms with E-state index >= 15 is 0 Å². The fourth-order valence-corrected chi connectivity index (χ4v) is 3.46. The number of benzene rings is 2. The number of hydrazine groups is 1. The number of carbonyl (C=O) groups excluding carboxylic acids is 1. The highest BCUT2D eigenvalue weighted by Gasteiger charge is 2.10. The molecule has 0 saturated carbocycles. The first-order valence-corrected chi connectivity index (χ1v) is 9.62. The molecule has 1 amide bonds. The van der Waals surface area contributed by atoms with Gasteiger partial charge in [0.05, 0.1) is 19.9 Å². The Balaban J connectivity index is 1.57. The smallest absolute Gasteiger partial charge is 0.269 e. The third-order valence-electron chi connectivity index (χ3n) is 3.82. The van der Waals surface area contributed by atoms with Gasteiger partial charge in [-0.05, 0) is 36.0 Å². The molecule has 0 unspecified atom stereocenters. The summed E-state index contributed by atoms with van der Waals surface area (Å²) < 4.78 is 10.3. The van der Waals surface area contributed by atoms with Crippen molar-refractivity contribution < 1.29 is 14.3 Å². The average molecular weight is 414 g/mol. The van der Waals surface area contributed by atoms with E-state index in [9.17, 15) is 4.79 Å². The van der Waals surface area contributed by atoms with Gasteiger partial charge in [0.1, 0.15) is 11.5 Å². The highest BCUT2D eigenvalue weighted by atomic mass is 32.1. The minimum Gasteiger partial charge on any atom is -0.497 e. The number of thiocarbonyl (C=S) groups is 1. The molecule has 0 aliphatic carbocycles. The van der Waals surface area contributed by atoms with Crippen molar-refractivity contribution in [1.82, 2.24) is 10.9 Å². The van der Waals surface area contributed by atoms with Gasteiger partial charge in [0.25, 0.3) is 5.91 Å². The molecule has 1 heterocycles. The molecule has 6 nitrogen and oxygen atoms in total. The second-order valence-corrected chi connectivity index (χ2v) is 7.02. The summed E-state index contributed by atoms with van der Waals surface area (Å²) in [6.07, 6.45) is 0. The van der Waals surface area contributed by atoms with Gasteiger partial charge in [-0.15, -0.1) is 11.3 Å². The van der Waals surface area contributed by atoms with Crippen LogP contribution in [-0.2, 0) is 0 Å². The number of ether oxygens (including phenoxy) is 2. The fourth-order valence-electron chi connectivity index (χ4n) is 2.44. The Morgan fingerprint density at radius 2 is 1.64 bits per heavy atom. The molecule has 0 radical (unpaired) electrons. The Morgan fingerprint density at radius 1 is 0.964 bits per heavy atom. The molecule has 3 rings (SSSR count). The first-order chi connectivity index (χ1) is 13.6. The van der Waals surface area contributed by atoms with E-state index in [0.717, 1.165) is 16.1 Å². The molecule has 3 aromatic rings. The van der Waals surface area contributed by atoms with Gasteiger partial charge in [0.15, 0.2) is 5.11 Å². The van der Waals surface area contributed by atoms with E-state index in [1.165, 1.54) is 14.2 Å². The molecule has 28 heavy (non-hydrogen) atoms. The minimum atomic E-state index is -0.364. The van der Waals surface area contributed by atoms with E-state index < -0.39 is 0 Å². The molecule has 0 saturated heterocycles. The molecule has 1 aromatic heterocycles. The van der Waals surface area contributed by atoms with Gasteiger partial charge in [0, 0.05) is 21.9 Å². The number of thiophene rings is 1. The molecule has 0 atom stereocenters. The number of anilines is 1. The van der Waals surface area contributed by atoms with Crippen LogP contribution in [0, 0.1) is 0 Å². The normalized spacial score (nSPS) is 10.1. The van der Waals surface area contributed by atoms with Crippen LogP contribution in [0.1, 0.15) is 10.4 Å². The third kappa shape index (κ3) is 4.99. The summed E-state index contributed by atoms with van der Waals surface area (Å²) in [6.45, 7) is 0. The Bertz CT molecular complexity index is 952. The van der Waals surface area contributed by atoms with Crippen LogP contribution < -0.4 is 25.6 Å². The van der Waals surface area contributed by atoms with Crippen molar-refractivity contribution in [3.8, 4) is 21.9 Å². The summed E-state index contributed by atoms with van der Waals surface area (Å²) in [5, 5.41) is 5.29. The van der Waals surface area contributed by atoms with Crippen LogP contribution in [0.3, 0.4) is 0 Å². The highest BCUT2D eigenvalue weighted by Crippen LogP contribution is 2.29. The summed E-state index contributed by atoms with van der Waals surface area (Å²) >= 11 is 6.85. The first kappa shape index (κ1) is 19.7. The number of rotatable bonds is 5. The maximum Gasteiger partial charge on any atom is 0.269 e. The van der Waals surface area contributed by atoms with Gasteiger partial charge < -0.3 is 14.8 Å². The van der Waals surface area contributed by atoms with Gasteiger partial charge in [-0.2, -0.15) is 0 Å². The minimum absolute atomic E-state index is 0.278. The van der Waals surface area contributed by atoms with Crippen LogP contribution in [0.2, 0.25) is 0 Å². The predicted octanol–water partition coefficient (Wildman–Crippen LogP) is 4.06. The summed E-state index contributed by atoms with van der Waals surface area (Å²) in [4.78, 5) is 13.5. The van der Waals surface area contributed by atoms with E-state index in [2.05, 4.69) is 28.3 Å². The average Bonchev–Trinajstić information content (AvgIpc) is 3.20. The largest absolute Gasteiger partial charge is 0.497 e. The monoisotopic (exact) mass is 413 g/mol. The molecular formula is C20H19N3O3S2. The molecule has 144 valence electrons. The quantitative estimate of drug-likeness (QED) is 0.433. The lowest BCUT2D eigenvalue weighted by Crippen LogP contribution is -2.43. The topological polar surface area (TPSA) is 71.6 Å². The maximum absolute atomic E-state index is 12.4. The predicted molar refractivity (Wildman–Crippen MR) is 116 cm³/mol. The molecule has 3 N–H and O–H groups in total. The number of nitrogens with one attached hydrogen (secondary N) is 3. The lowest BCUT2D eigenvalue weighted by Gasteiger charge is -2.12. The Labute approximate surface area is 172 Å². The van der Waals surface area contributed by atoms with Crippen molar-refractivity contribution in [3.63, 3.8) is 0 Å². The van der Waals surface area contributed by atoms with Crippen molar-refractivity contribution in [1.29, 1.82) is 0 Å². The Hall–Kier alpha value is -3.10. The van der Waals surface area contributed by atoms with Crippen molar-refractivity contribution >= 4 is 40.3 Å². The van der Waals surface area contributed by atoms with Crippen molar-refractivity contribution in [3.05, 3.63) is 65.5 Å². The number of hydrogen-bond acceptors (Lipinski definition) is 5. The lowest BCUT2D eigenvalue weighted by molar-refractivity contribution is 0.0943. The molecule has 2 aromatic carbocycles. The molecular weight excluding hydrogens is 394 g/mol. The Morgan fingerprint density at radius 3 is 2.29 bits per heavy atom. The standard InChI is InChI=1S/C20H19N3O3S2/c1-25-16-8-14(9-17(11-16)26-2)19(24)22-23-20(27)21-15-10-18(28-12-15)13-6-4-3-5-7-13/h3-12H,1-2H3,(H,22,24)(H2,21,23,27). The third-order valence-corrected chi connectivity index (χ3v) is 5.00. The van der Waals surface area contributed by atoms with Crippen molar-refractivity contribution in [2.45, 2.75) is 0 Å². The van der Waals surface area contributed by atoms with E-state index in [-0.39, 0.29) is 11.0 Å². The summed E-state index contributed by atoms with van der Waals surface area (Å²) in [5.41, 5.74) is 7.62. The molecule has 8 heteroatoms. The number of carbonyl (C=O) groups is 1. The van der Waals surface area contributed by atoms with Gasteiger partial charge in [-0.3, -0.25) is 15.6 Å². The van der Waals surface area contributed by atoms with E-state index in [0.29, 0.717) is 17.1 Å². The summed E-state index contributed by atoms with van der Waals surface area (Å²) in [5.74, 6) is 0.686. The zero-order chi connectivity index (χ0) is 19.9. The van der Waals surface area contributed by atoms with E-state index in [4.69, 9.17) is 21.7 Å². The van der Waals surface area contributed by atoms with Crippen LogP contribution in [0.4, 0.5) is 5.69 Å². The van der Waals surface area contributed by atoms with Crippen molar-refractivity contribution in [2.75, 3.05) is 19.5 Å². The van der Waals surface area contributed by atoms with Crippen LogP contribution in [-0.4, -0.2) is 25.2 Å². The lowest BCUT2D eigenvalue weighted by atomic mass is 10.2. The second kappa shape index (κ2) is 9.20. The van der Waals surface area contributed by atoms with Crippen LogP contribution in [0.15, 0.2) is 60.0 Å². The SMILES string of the molecule is COc1cc(OC)cc(C(=O)NNC(=S)Nc2csc(-c3ccccc3)c2)c1. The van der Waals surface area contributed by atoms with E-state index in [1.807, 2.05) is 29.6 Å². The summed E-state index contributed by atoms with van der Waals surface area (Å²) in [7, 11) is 3.05. The maximum atomic E-state index is 12.4. The van der Waals surface area contributed by atoms with Gasteiger partial charge >= 0.3 is 0 Å². The van der Waals surface area contributed by atoms with Gasteiger partial charge in [-0.25, -0.2) is 0 Å². The molecule has 0 fully saturated rings. The van der Waals surface area contributed by atoms with Gasteiger partial charge in [0.2, 0.25) is 0 Å². The number of methoxy groups -OCH3 is 2.